The zero-order valence-electron chi connectivity index (χ0n) is 13.4. The predicted molar refractivity (Wildman–Crippen MR) is 86.2 cm³/mol. The van der Waals surface area contributed by atoms with E-state index in [1.807, 2.05) is 30.3 Å². The van der Waals surface area contributed by atoms with Gasteiger partial charge in [0.25, 0.3) is 0 Å². The molecule has 1 aromatic rings. The summed E-state index contributed by atoms with van der Waals surface area (Å²) in [4.78, 5) is 13.0. The summed E-state index contributed by atoms with van der Waals surface area (Å²) in [6.07, 6.45) is 6.17. The number of hydrogen-bond donors (Lipinski definition) is 0. The molecular formula is C19H28NO+. The highest BCUT2D eigenvalue weighted by molar-refractivity contribution is 5.98. The lowest BCUT2D eigenvalue weighted by Crippen LogP contribution is -2.64. The number of carbonyl (C=O) groups excluding carboxylic acids is 1. The molecule has 114 valence electrons. The molecule has 2 heterocycles. The van der Waals surface area contributed by atoms with Gasteiger partial charge in [-0.25, -0.2) is 0 Å². The number of ketones is 1. The van der Waals surface area contributed by atoms with Crippen molar-refractivity contribution < 1.29 is 9.28 Å². The Labute approximate surface area is 128 Å². The Balaban J connectivity index is 1.89. The monoisotopic (exact) mass is 286 g/mol. The van der Waals surface area contributed by atoms with Crippen LogP contribution in [0.3, 0.4) is 0 Å². The number of fused-ring (bicyclic) bond motifs is 1. The van der Waals surface area contributed by atoms with E-state index in [9.17, 15) is 4.79 Å². The molecule has 0 radical (unpaired) electrons. The van der Waals surface area contributed by atoms with Crippen LogP contribution in [0.1, 0.15) is 49.4 Å². The molecule has 2 aliphatic rings. The third kappa shape index (κ3) is 2.78. The molecule has 21 heavy (non-hydrogen) atoms. The summed E-state index contributed by atoms with van der Waals surface area (Å²) in [5.74, 6) is 1.34. The number of Topliss-reactive ketones (excluding diaryl/α,β-unsaturated/α-hetero) is 1. The van der Waals surface area contributed by atoms with Crippen molar-refractivity contribution in [1.82, 2.24) is 0 Å². The maximum absolute atomic E-state index is 13.0. The highest BCUT2D eigenvalue weighted by Gasteiger charge is 2.49. The van der Waals surface area contributed by atoms with Gasteiger partial charge in [-0.2, -0.15) is 0 Å². The van der Waals surface area contributed by atoms with Crippen LogP contribution in [0.5, 0.6) is 0 Å². The number of hydrogen-bond acceptors (Lipinski definition) is 1. The van der Waals surface area contributed by atoms with E-state index in [-0.39, 0.29) is 5.92 Å². The van der Waals surface area contributed by atoms with E-state index in [1.165, 1.54) is 38.8 Å². The standard InChI is InChI=1S/C19H28NO/c1-3-15-13-17(19(21)16-9-5-4-6-10-16)18-11-7-8-12-20(18,2)14-15/h4-6,9-10,15,17-18H,3,7-8,11-14H2,1-2H3/q+1. The summed E-state index contributed by atoms with van der Waals surface area (Å²) in [5, 5.41) is 0. The van der Waals surface area contributed by atoms with Crippen molar-refractivity contribution in [1.29, 1.82) is 0 Å². The predicted octanol–water partition coefficient (Wildman–Crippen LogP) is 3.91. The average Bonchev–Trinajstić information content (AvgIpc) is 2.53. The summed E-state index contributed by atoms with van der Waals surface area (Å²) in [5.41, 5.74) is 0.913. The number of nitrogens with zero attached hydrogens (tertiary/aromatic N) is 1. The molecule has 2 nitrogen and oxygen atoms in total. The maximum atomic E-state index is 13.0. The zero-order valence-corrected chi connectivity index (χ0v) is 13.4. The first-order chi connectivity index (χ1) is 10.1. The van der Waals surface area contributed by atoms with Gasteiger partial charge in [0, 0.05) is 17.9 Å². The van der Waals surface area contributed by atoms with Gasteiger partial charge in [0.15, 0.2) is 5.78 Å². The van der Waals surface area contributed by atoms with Crippen molar-refractivity contribution in [2.24, 2.45) is 11.8 Å². The minimum Gasteiger partial charge on any atom is -0.323 e. The van der Waals surface area contributed by atoms with E-state index in [2.05, 4.69) is 14.0 Å². The van der Waals surface area contributed by atoms with Gasteiger partial charge in [-0.15, -0.1) is 0 Å². The van der Waals surface area contributed by atoms with Gasteiger partial charge >= 0.3 is 0 Å². The smallest absolute Gasteiger partial charge is 0.171 e. The molecule has 3 rings (SSSR count). The molecule has 2 heteroatoms. The summed E-state index contributed by atoms with van der Waals surface area (Å²) >= 11 is 0. The highest BCUT2D eigenvalue weighted by atomic mass is 16.1. The van der Waals surface area contributed by atoms with Crippen LogP contribution in [-0.2, 0) is 0 Å². The Kier molecular flexibility index (Phi) is 4.17. The molecule has 4 atom stereocenters. The van der Waals surface area contributed by atoms with Gasteiger partial charge in [-0.05, 0) is 25.7 Å². The molecule has 0 N–H and O–H groups in total. The van der Waals surface area contributed by atoms with E-state index in [0.717, 1.165) is 16.5 Å². The fourth-order valence-corrected chi connectivity index (χ4v) is 4.74. The molecule has 2 fully saturated rings. The summed E-state index contributed by atoms with van der Waals surface area (Å²) in [6.45, 7) is 4.82. The van der Waals surface area contributed by atoms with E-state index in [0.29, 0.717) is 17.7 Å². The molecule has 0 amide bonds. The third-order valence-corrected chi connectivity index (χ3v) is 5.92. The molecule has 0 spiro atoms. The molecule has 0 aromatic heterocycles. The Hall–Kier alpha value is -1.15. The van der Waals surface area contributed by atoms with Crippen LogP contribution in [0.2, 0.25) is 0 Å². The molecule has 0 saturated carbocycles. The van der Waals surface area contributed by atoms with Gasteiger partial charge in [-0.1, -0.05) is 37.3 Å². The van der Waals surface area contributed by atoms with Gasteiger partial charge in [-0.3, -0.25) is 4.79 Å². The number of rotatable bonds is 3. The van der Waals surface area contributed by atoms with Crippen molar-refractivity contribution in [3.8, 4) is 0 Å². The summed E-state index contributed by atoms with van der Waals surface area (Å²) < 4.78 is 1.14. The number of quaternary nitrogens is 1. The topological polar surface area (TPSA) is 17.1 Å². The van der Waals surface area contributed by atoms with Gasteiger partial charge < -0.3 is 4.48 Å². The number of piperidine rings is 2. The van der Waals surface area contributed by atoms with Crippen LogP contribution < -0.4 is 0 Å². The lowest BCUT2D eigenvalue weighted by atomic mass is 9.73. The maximum Gasteiger partial charge on any atom is 0.171 e. The Morgan fingerprint density at radius 2 is 2.00 bits per heavy atom. The van der Waals surface area contributed by atoms with Crippen LogP contribution in [0, 0.1) is 11.8 Å². The van der Waals surface area contributed by atoms with Gasteiger partial charge in [0.2, 0.25) is 0 Å². The number of benzene rings is 1. The zero-order chi connectivity index (χ0) is 14.9. The Morgan fingerprint density at radius 1 is 1.24 bits per heavy atom. The van der Waals surface area contributed by atoms with E-state index >= 15 is 0 Å². The van der Waals surface area contributed by atoms with Crippen LogP contribution in [0.4, 0.5) is 0 Å². The lowest BCUT2D eigenvalue weighted by molar-refractivity contribution is -0.949. The molecule has 0 aliphatic carbocycles. The fourth-order valence-electron chi connectivity index (χ4n) is 4.74. The number of carbonyl (C=O) groups is 1. The minimum atomic E-state index is 0.233. The normalized spacial score (nSPS) is 36.0. The van der Waals surface area contributed by atoms with Crippen molar-refractivity contribution in [2.45, 2.75) is 45.1 Å². The van der Waals surface area contributed by atoms with Crippen LogP contribution in [0.25, 0.3) is 0 Å². The SMILES string of the molecule is CCC1CC(C(=O)c2ccccc2)C2CCCC[N+]2(C)C1. The first-order valence-electron chi connectivity index (χ1n) is 8.57. The van der Waals surface area contributed by atoms with Gasteiger partial charge in [0.1, 0.15) is 0 Å². The molecule has 1 aromatic carbocycles. The molecular weight excluding hydrogens is 258 g/mol. The second kappa shape index (κ2) is 5.92. The Bertz CT molecular complexity index is 498. The van der Waals surface area contributed by atoms with E-state index in [4.69, 9.17) is 0 Å². The highest BCUT2D eigenvalue weighted by Crippen LogP contribution is 2.40. The van der Waals surface area contributed by atoms with Crippen molar-refractivity contribution in [3.63, 3.8) is 0 Å². The summed E-state index contributed by atoms with van der Waals surface area (Å²) in [6, 6.07) is 10.5. The van der Waals surface area contributed by atoms with Crippen LogP contribution in [0.15, 0.2) is 30.3 Å². The first kappa shape index (κ1) is 14.8. The second-order valence-electron chi connectivity index (χ2n) is 7.30. The van der Waals surface area contributed by atoms with Crippen molar-refractivity contribution in [3.05, 3.63) is 35.9 Å². The Morgan fingerprint density at radius 3 is 2.71 bits per heavy atom. The third-order valence-electron chi connectivity index (χ3n) is 5.92. The molecule has 0 bridgehead atoms. The van der Waals surface area contributed by atoms with Crippen molar-refractivity contribution in [2.75, 3.05) is 20.1 Å². The largest absolute Gasteiger partial charge is 0.323 e. The van der Waals surface area contributed by atoms with E-state index in [1.54, 1.807) is 0 Å². The fraction of sp³-hybridized carbons (Fsp3) is 0.632. The molecule has 2 saturated heterocycles. The summed E-state index contributed by atoms with van der Waals surface area (Å²) in [7, 11) is 2.40. The molecule has 2 aliphatic heterocycles. The first-order valence-corrected chi connectivity index (χ1v) is 8.57. The van der Waals surface area contributed by atoms with E-state index < -0.39 is 0 Å². The average molecular weight is 286 g/mol. The quantitative estimate of drug-likeness (QED) is 0.608. The van der Waals surface area contributed by atoms with Crippen molar-refractivity contribution >= 4 is 5.78 Å². The van der Waals surface area contributed by atoms with Crippen LogP contribution in [-0.4, -0.2) is 36.4 Å². The van der Waals surface area contributed by atoms with Gasteiger partial charge in [0.05, 0.1) is 32.1 Å². The minimum absolute atomic E-state index is 0.233. The molecule has 4 unspecified atom stereocenters. The second-order valence-corrected chi connectivity index (χ2v) is 7.30. The lowest BCUT2D eigenvalue weighted by Gasteiger charge is -2.53. The van der Waals surface area contributed by atoms with Crippen LogP contribution >= 0.6 is 0 Å².